The third kappa shape index (κ3) is 6.75. The number of amides is 4. The predicted octanol–water partition coefficient (Wildman–Crippen LogP) is 1.65. The largest absolute Gasteiger partial charge is 0.387 e. The number of hydrogen-bond acceptors (Lipinski definition) is 7. The summed E-state index contributed by atoms with van der Waals surface area (Å²) in [6.45, 7) is 0.718. The molecule has 2 fully saturated rings. The van der Waals surface area contributed by atoms with Crippen LogP contribution in [0.25, 0.3) is 10.4 Å². The van der Waals surface area contributed by atoms with Gasteiger partial charge in [-0.1, -0.05) is 23.0 Å². The van der Waals surface area contributed by atoms with Crippen molar-refractivity contribution >= 4 is 23.6 Å². The third-order valence-corrected chi connectivity index (χ3v) is 7.43. The molecular weight excluding hydrogens is 504 g/mol. The number of aliphatic hydroxyl groups is 1. The summed E-state index contributed by atoms with van der Waals surface area (Å²) in [5.41, 5.74) is 10.6. The second-order valence-corrected chi connectivity index (χ2v) is 9.81. The van der Waals surface area contributed by atoms with Crippen molar-refractivity contribution in [2.45, 2.75) is 69.6 Å². The molecular formula is C27H32N6O6. The van der Waals surface area contributed by atoms with Crippen LogP contribution in [0.15, 0.2) is 23.3 Å². The topological polar surface area (TPSA) is 165 Å². The average Bonchev–Trinajstić information content (AvgIpc) is 3.27. The van der Waals surface area contributed by atoms with Gasteiger partial charge in [-0.25, -0.2) is 0 Å². The van der Waals surface area contributed by atoms with Gasteiger partial charge in [0.1, 0.15) is 12.6 Å². The maximum absolute atomic E-state index is 12.9. The van der Waals surface area contributed by atoms with Gasteiger partial charge in [-0.2, -0.15) is 0 Å². The van der Waals surface area contributed by atoms with Gasteiger partial charge in [-0.15, -0.1) is 0 Å². The second kappa shape index (κ2) is 13.2. The SMILES string of the molecule is [N-]=[N+]=N[C@H]1CC[C@@H](N(CCOCCC#Cc2cccc3c2CN(C2CCC(=O)NC2=O)C3=O)C(=O)CO)CC1. The molecule has 0 radical (unpaired) electrons. The lowest BCUT2D eigenvalue weighted by Gasteiger charge is -2.35. The number of piperidine rings is 1. The fourth-order valence-electron chi connectivity index (χ4n) is 5.41. The first-order valence-electron chi connectivity index (χ1n) is 13.2. The maximum Gasteiger partial charge on any atom is 0.255 e. The normalized spacial score (nSPS) is 22.3. The minimum atomic E-state index is -0.671. The van der Waals surface area contributed by atoms with Gasteiger partial charge in [-0.3, -0.25) is 24.5 Å². The van der Waals surface area contributed by atoms with Crippen LogP contribution in [-0.2, 0) is 25.7 Å². The van der Waals surface area contributed by atoms with Gasteiger partial charge in [0.05, 0.1) is 13.2 Å². The van der Waals surface area contributed by atoms with Gasteiger partial charge < -0.3 is 19.6 Å². The maximum atomic E-state index is 12.9. The van der Waals surface area contributed by atoms with Crippen LogP contribution in [-0.4, -0.2) is 83.0 Å². The molecule has 206 valence electrons. The van der Waals surface area contributed by atoms with Crippen molar-refractivity contribution in [1.82, 2.24) is 15.1 Å². The van der Waals surface area contributed by atoms with Gasteiger partial charge in [0.25, 0.3) is 5.91 Å². The zero-order chi connectivity index (χ0) is 27.8. The minimum Gasteiger partial charge on any atom is -0.387 e. The van der Waals surface area contributed by atoms with Crippen molar-refractivity contribution in [3.05, 3.63) is 45.3 Å². The molecule has 1 unspecified atom stereocenters. The van der Waals surface area contributed by atoms with Gasteiger partial charge >= 0.3 is 0 Å². The Balaban J connectivity index is 1.26. The molecule has 2 N–H and O–H groups in total. The molecule has 4 amide bonds. The Bertz CT molecular complexity index is 1220. The highest BCUT2D eigenvalue weighted by Gasteiger charge is 2.39. The molecule has 0 spiro atoms. The Hall–Kier alpha value is -3.91. The van der Waals surface area contributed by atoms with Crippen molar-refractivity contribution in [3.63, 3.8) is 0 Å². The highest BCUT2D eigenvalue weighted by Crippen LogP contribution is 2.29. The number of fused-ring (bicyclic) bond motifs is 1. The number of carbonyl (C=O) groups excluding carboxylic acids is 4. The number of ether oxygens (including phenoxy) is 1. The minimum absolute atomic E-state index is 0.0131. The van der Waals surface area contributed by atoms with Crippen molar-refractivity contribution in [1.29, 1.82) is 0 Å². The van der Waals surface area contributed by atoms with Crippen LogP contribution in [0, 0.1) is 11.8 Å². The van der Waals surface area contributed by atoms with Gasteiger partial charge in [0.2, 0.25) is 17.7 Å². The lowest BCUT2D eigenvalue weighted by molar-refractivity contribution is -0.138. The Labute approximate surface area is 226 Å². The highest BCUT2D eigenvalue weighted by atomic mass is 16.5. The average molecular weight is 537 g/mol. The van der Waals surface area contributed by atoms with Crippen LogP contribution in [0.3, 0.4) is 0 Å². The van der Waals surface area contributed by atoms with E-state index in [0.29, 0.717) is 69.4 Å². The van der Waals surface area contributed by atoms with Crippen LogP contribution in [0.4, 0.5) is 0 Å². The molecule has 12 heteroatoms. The lowest BCUT2D eigenvalue weighted by Crippen LogP contribution is -2.52. The summed E-state index contributed by atoms with van der Waals surface area (Å²) in [5.74, 6) is 4.82. The summed E-state index contributed by atoms with van der Waals surface area (Å²) in [6, 6.07) is 4.59. The van der Waals surface area contributed by atoms with E-state index in [0.717, 1.165) is 5.56 Å². The molecule has 1 aromatic carbocycles. The Kier molecular flexibility index (Phi) is 9.54. The summed E-state index contributed by atoms with van der Waals surface area (Å²) in [7, 11) is 0. The number of azide groups is 1. The number of hydrogen-bond donors (Lipinski definition) is 2. The van der Waals surface area contributed by atoms with E-state index >= 15 is 0 Å². The highest BCUT2D eigenvalue weighted by molar-refractivity contribution is 6.05. The first-order chi connectivity index (χ1) is 18.9. The van der Waals surface area contributed by atoms with Crippen LogP contribution < -0.4 is 5.32 Å². The third-order valence-electron chi connectivity index (χ3n) is 7.43. The first kappa shape index (κ1) is 28.1. The molecule has 0 aromatic heterocycles. The molecule has 1 saturated heterocycles. The van der Waals surface area contributed by atoms with Crippen LogP contribution >= 0.6 is 0 Å². The van der Waals surface area contributed by atoms with Gasteiger partial charge in [-0.05, 0) is 55.3 Å². The predicted molar refractivity (Wildman–Crippen MR) is 139 cm³/mol. The molecule has 1 atom stereocenters. The smallest absolute Gasteiger partial charge is 0.255 e. The van der Waals surface area contributed by atoms with Crippen LogP contribution in [0.2, 0.25) is 0 Å². The number of nitrogens with one attached hydrogen (secondary N) is 1. The summed E-state index contributed by atoms with van der Waals surface area (Å²) >= 11 is 0. The molecule has 3 aliphatic rings. The van der Waals surface area contributed by atoms with Crippen LogP contribution in [0.1, 0.15) is 66.4 Å². The molecule has 4 rings (SSSR count). The Morgan fingerprint density at radius 1 is 1.21 bits per heavy atom. The molecule has 2 aliphatic heterocycles. The second-order valence-electron chi connectivity index (χ2n) is 9.81. The van der Waals surface area contributed by atoms with Crippen molar-refractivity contribution in [3.8, 4) is 11.8 Å². The van der Waals surface area contributed by atoms with E-state index in [1.54, 1.807) is 17.0 Å². The standard InChI is InChI=1S/C27H32N6O6/c28-31-30-19-7-9-20(10-8-19)32(25(36)17-34)13-15-39-14-2-1-4-18-5-3-6-21-22(18)16-33(27(21)38)23-11-12-24(35)29-26(23)37/h3,5-6,19-20,23,34H,2,7-17H2,(H,29,35,37)/t19-,20+,23?. The number of carbonyl (C=O) groups is 4. The Morgan fingerprint density at radius 2 is 2.00 bits per heavy atom. The summed E-state index contributed by atoms with van der Waals surface area (Å²) in [5, 5.41) is 15.4. The zero-order valence-electron chi connectivity index (χ0n) is 21.7. The van der Waals surface area contributed by atoms with E-state index in [2.05, 4.69) is 27.2 Å². The molecule has 39 heavy (non-hydrogen) atoms. The van der Waals surface area contributed by atoms with E-state index in [1.165, 1.54) is 4.90 Å². The van der Waals surface area contributed by atoms with Crippen molar-refractivity contribution < 1.29 is 29.0 Å². The quantitative estimate of drug-likeness (QED) is 0.122. The molecule has 1 aromatic rings. The molecule has 12 nitrogen and oxygen atoms in total. The molecule has 0 bridgehead atoms. The van der Waals surface area contributed by atoms with Gasteiger partial charge in [0.15, 0.2) is 0 Å². The monoisotopic (exact) mass is 536 g/mol. The molecule has 2 heterocycles. The number of nitrogens with zero attached hydrogens (tertiary/aromatic N) is 5. The van der Waals surface area contributed by atoms with E-state index in [4.69, 9.17) is 10.3 Å². The molecule has 1 saturated carbocycles. The van der Waals surface area contributed by atoms with Crippen LogP contribution in [0.5, 0.6) is 0 Å². The van der Waals surface area contributed by atoms with E-state index in [9.17, 15) is 24.3 Å². The zero-order valence-corrected chi connectivity index (χ0v) is 21.7. The van der Waals surface area contributed by atoms with E-state index in [1.807, 2.05) is 6.07 Å². The number of imide groups is 1. The number of aliphatic hydroxyl groups excluding tert-OH is 1. The van der Waals surface area contributed by atoms with E-state index < -0.39 is 18.6 Å². The van der Waals surface area contributed by atoms with Crippen molar-refractivity contribution in [2.24, 2.45) is 5.11 Å². The first-order valence-corrected chi connectivity index (χ1v) is 13.2. The fraction of sp³-hybridized carbons (Fsp3) is 0.556. The van der Waals surface area contributed by atoms with Crippen molar-refractivity contribution in [2.75, 3.05) is 26.4 Å². The number of benzene rings is 1. The fourth-order valence-corrected chi connectivity index (χ4v) is 5.41. The Morgan fingerprint density at radius 3 is 2.72 bits per heavy atom. The lowest BCUT2D eigenvalue weighted by atomic mass is 9.90. The van der Waals surface area contributed by atoms with Gasteiger partial charge in [0, 0.05) is 54.1 Å². The number of rotatable bonds is 9. The summed E-state index contributed by atoms with van der Waals surface area (Å²) < 4.78 is 5.69. The van der Waals surface area contributed by atoms with E-state index in [-0.39, 0.29) is 42.8 Å². The summed E-state index contributed by atoms with van der Waals surface area (Å²) in [6.07, 6.45) is 3.80. The summed E-state index contributed by atoms with van der Waals surface area (Å²) in [4.78, 5) is 55.0. The molecule has 1 aliphatic carbocycles.